The highest BCUT2D eigenvalue weighted by Gasteiger charge is 1.94. The van der Waals surface area contributed by atoms with Crippen molar-refractivity contribution in [2.75, 3.05) is 0 Å². The van der Waals surface area contributed by atoms with E-state index in [1.165, 1.54) is 20.2 Å². The molecule has 0 N–H and O–H groups in total. The molecule has 0 aliphatic carbocycles. The van der Waals surface area contributed by atoms with Gasteiger partial charge in [0.1, 0.15) is 0 Å². The molecule has 0 bridgehead atoms. The molecule has 0 fully saturated rings. The fraction of sp³-hybridized carbons (Fsp3) is 0. The van der Waals surface area contributed by atoms with Crippen LogP contribution in [-0.4, -0.2) is 4.21 Å². The van der Waals surface area contributed by atoms with Crippen molar-refractivity contribution in [3.8, 4) is 0 Å². The number of thiophene rings is 2. The van der Waals surface area contributed by atoms with E-state index >= 15 is 0 Å². The second-order valence-corrected chi connectivity index (χ2v) is 6.97. The molecule has 0 spiro atoms. The molecular formula is C16H10Cl2OS3. The van der Waals surface area contributed by atoms with Gasteiger partial charge in [0.05, 0.1) is 0 Å². The Morgan fingerprint density at radius 2 is 1.09 bits per heavy atom. The molecule has 0 atom stereocenters. The second-order valence-electron chi connectivity index (χ2n) is 4.21. The van der Waals surface area contributed by atoms with Crippen molar-refractivity contribution in [2.45, 2.75) is 0 Å². The Kier molecular flexibility index (Phi) is 6.73. The van der Waals surface area contributed by atoms with E-state index in [-0.39, 0.29) is 0 Å². The molecule has 0 aliphatic heterocycles. The van der Waals surface area contributed by atoms with Gasteiger partial charge in [-0.15, -0.1) is 22.7 Å². The van der Waals surface area contributed by atoms with Gasteiger partial charge in [-0.1, -0.05) is 23.2 Å². The lowest BCUT2D eigenvalue weighted by molar-refractivity contribution is 0.702. The molecule has 0 amide bonds. The molecule has 22 heavy (non-hydrogen) atoms. The highest BCUT2D eigenvalue weighted by atomic mass is 35.5. The molecule has 4 rings (SSSR count). The van der Waals surface area contributed by atoms with E-state index in [4.69, 9.17) is 27.4 Å². The van der Waals surface area contributed by atoms with Crippen LogP contribution in [0.1, 0.15) is 0 Å². The molecule has 4 aromatic rings. The van der Waals surface area contributed by atoms with Gasteiger partial charge in [0, 0.05) is 19.4 Å². The molecule has 0 saturated carbocycles. The van der Waals surface area contributed by atoms with Crippen LogP contribution in [0.25, 0.3) is 20.2 Å². The Bertz CT molecular complexity index is 798. The molecule has 0 saturated heterocycles. The van der Waals surface area contributed by atoms with Gasteiger partial charge < -0.3 is 0 Å². The van der Waals surface area contributed by atoms with Gasteiger partial charge in [0.25, 0.3) is 0 Å². The first-order valence-corrected chi connectivity index (χ1v) is 8.99. The smallest absolute Gasteiger partial charge is 0.197 e. The Labute approximate surface area is 151 Å². The number of halogens is 2. The summed E-state index contributed by atoms with van der Waals surface area (Å²) in [5, 5.41) is 8.23. The monoisotopic (exact) mass is 384 g/mol. The van der Waals surface area contributed by atoms with Crippen LogP contribution in [-0.2, 0) is 12.5 Å². The Balaban J connectivity index is 0.000000144. The van der Waals surface area contributed by atoms with E-state index in [2.05, 4.69) is 35.4 Å². The van der Waals surface area contributed by atoms with Gasteiger partial charge in [0.2, 0.25) is 0 Å². The standard InChI is InChI=1S/2C8H5ClS.OS/c2*9-7-1-2-8-6(5-7)3-4-10-8;1-2/h2*1-5H;. The Hall–Kier alpha value is -1.04. The van der Waals surface area contributed by atoms with E-state index in [0.29, 0.717) is 0 Å². The molecule has 2 heterocycles. The number of rotatable bonds is 0. The molecule has 0 aliphatic rings. The third-order valence-electron chi connectivity index (χ3n) is 2.83. The lowest BCUT2D eigenvalue weighted by Crippen LogP contribution is -1.61. The zero-order chi connectivity index (χ0) is 15.9. The van der Waals surface area contributed by atoms with Crippen LogP contribution < -0.4 is 0 Å². The maximum absolute atomic E-state index is 7.83. The number of hydrogen-bond donors (Lipinski definition) is 0. The van der Waals surface area contributed by atoms with E-state index in [0.717, 1.165) is 10.0 Å². The fourth-order valence-corrected chi connectivity index (χ4v) is 3.78. The van der Waals surface area contributed by atoms with E-state index in [1.807, 2.05) is 36.4 Å². The van der Waals surface area contributed by atoms with Crippen LogP contribution in [0.15, 0.2) is 59.3 Å². The van der Waals surface area contributed by atoms with Crippen molar-refractivity contribution < 1.29 is 4.21 Å². The lowest BCUT2D eigenvalue weighted by Gasteiger charge is -1.88. The summed E-state index contributed by atoms with van der Waals surface area (Å²) in [6.07, 6.45) is 0. The van der Waals surface area contributed by atoms with Crippen molar-refractivity contribution >= 4 is 78.6 Å². The lowest BCUT2D eigenvalue weighted by atomic mass is 10.3. The first-order chi connectivity index (χ1) is 10.7. The van der Waals surface area contributed by atoms with Crippen molar-refractivity contribution in [2.24, 2.45) is 0 Å². The second kappa shape index (κ2) is 8.56. The van der Waals surface area contributed by atoms with Crippen molar-refractivity contribution in [3.63, 3.8) is 0 Å². The maximum atomic E-state index is 7.83. The number of hydrogen-bond acceptors (Lipinski definition) is 4. The SMILES string of the molecule is Clc1ccc2sccc2c1.Clc1ccc2sccc2c1.O=S. The van der Waals surface area contributed by atoms with Gasteiger partial charge in [-0.3, -0.25) is 0 Å². The van der Waals surface area contributed by atoms with Gasteiger partial charge in [-0.05, 0) is 70.1 Å². The molecule has 0 unspecified atom stereocenters. The van der Waals surface area contributed by atoms with Crippen LogP contribution in [0.2, 0.25) is 10.0 Å². The summed E-state index contributed by atoms with van der Waals surface area (Å²) in [4.78, 5) is 0. The summed E-state index contributed by atoms with van der Waals surface area (Å²) in [5.41, 5.74) is 0. The summed E-state index contributed by atoms with van der Waals surface area (Å²) in [5.74, 6) is 0. The minimum Gasteiger partial charge on any atom is -0.197 e. The van der Waals surface area contributed by atoms with E-state index < -0.39 is 0 Å². The maximum Gasteiger partial charge on any atom is 0.197 e. The van der Waals surface area contributed by atoms with E-state index in [1.54, 1.807) is 22.7 Å². The normalized spacial score (nSPS) is 9.73. The third-order valence-corrected chi connectivity index (χ3v) is 5.09. The summed E-state index contributed by atoms with van der Waals surface area (Å²) >= 11 is 17.9. The topological polar surface area (TPSA) is 17.1 Å². The number of fused-ring (bicyclic) bond motifs is 2. The van der Waals surface area contributed by atoms with Gasteiger partial charge in [-0.2, -0.15) is 4.21 Å². The van der Waals surface area contributed by atoms with E-state index in [9.17, 15) is 0 Å². The van der Waals surface area contributed by atoms with Crippen LogP contribution in [0.3, 0.4) is 0 Å². The van der Waals surface area contributed by atoms with Gasteiger partial charge in [0.15, 0.2) is 12.5 Å². The summed E-state index contributed by atoms with van der Waals surface area (Å²) in [7, 11) is 0. The molecule has 6 heteroatoms. The molecule has 112 valence electrons. The highest BCUT2D eigenvalue weighted by Crippen LogP contribution is 2.24. The quantitative estimate of drug-likeness (QED) is 0.332. The molecule has 0 radical (unpaired) electrons. The average molecular weight is 385 g/mol. The molecule has 1 nitrogen and oxygen atoms in total. The first kappa shape index (κ1) is 17.3. The van der Waals surface area contributed by atoms with Crippen molar-refractivity contribution in [1.82, 2.24) is 0 Å². The average Bonchev–Trinajstić information content (AvgIpc) is 3.17. The fourth-order valence-electron chi connectivity index (χ4n) is 1.88. The highest BCUT2D eigenvalue weighted by molar-refractivity contribution is 7.44. The zero-order valence-corrected chi connectivity index (χ0v) is 15.1. The minimum atomic E-state index is 0.811. The van der Waals surface area contributed by atoms with Crippen LogP contribution in [0.5, 0.6) is 0 Å². The predicted molar refractivity (Wildman–Crippen MR) is 102 cm³/mol. The van der Waals surface area contributed by atoms with Crippen LogP contribution >= 0.6 is 45.9 Å². The summed E-state index contributed by atoms with van der Waals surface area (Å²) in [6.45, 7) is 0. The Morgan fingerprint density at radius 3 is 1.50 bits per heavy atom. The van der Waals surface area contributed by atoms with Crippen LogP contribution in [0.4, 0.5) is 0 Å². The summed E-state index contributed by atoms with van der Waals surface area (Å²) in [6, 6.07) is 16.0. The molecular weight excluding hydrogens is 375 g/mol. The minimum absolute atomic E-state index is 0.811. The van der Waals surface area contributed by atoms with Crippen molar-refractivity contribution in [1.29, 1.82) is 0 Å². The Morgan fingerprint density at radius 1 is 0.682 bits per heavy atom. The van der Waals surface area contributed by atoms with Gasteiger partial charge in [-0.25, -0.2) is 0 Å². The zero-order valence-electron chi connectivity index (χ0n) is 11.2. The third kappa shape index (κ3) is 4.48. The summed E-state index contributed by atoms with van der Waals surface area (Å²) < 4.78 is 10.4. The van der Waals surface area contributed by atoms with Crippen molar-refractivity contribution in [3.05, 3.63) is 69.3 Å². The van der Waals surface area contributed by atoms with Gasteiger partial charge >= 0.3 is 0 Å². The number of benzene rings is 2. The predicted octanol–water partition coefficient (Wildman–Crippen LogP) is 6.77. The first-order valence-electron chi connectivity index (χ1n) is 6.14. The largest absolute Gasteiger partial charge is 0.197 e. The van der Waals surface area contributed by atoms with Crippen LogP contribution in [0, 0.1) is 0 Å². The molecule has 2 aromatic heterocycles. The molecule has 2 aromatic carbocycles.